The zero-order chi connectivity index (χ0) is 17.0. The Balaban J connectivity index is 0.00000208. The predicted molar refractivity (Wildman–Crippen MR) is 78.5 cm³/mol. The summed E-state index contributed by atoms with van der Waals surface area (Å²) in [7, 11) is -9.42. The molecule has 3 rings (SSSR count). The molecule has 1 aliphatic carbocycles. The summed E-state index contributed by atoms with van der Waals surface area (Å²) in [5, 5.41) is 0. The summed E-state index contributed by atoms with van der Waals surface area (Å²) in [5.74, 6) is -0.576. The second kappa shape index (κ2) is 6.30. The Hall–Kier alpha value is -1.14. The molecule has 1 aromatic carbocycles. The number of rotatable bonds is 2. The molecule has 2 aliphatic rings. The molecular weight excluding hydrogens is 369 g/mol. The molecular formula is C13H10NNaO7S2. The molecule has 0 fully saturated rings. The van der Waals surface area contributed by atoms with Crippen LogP contribution in [-0.2, 0) is 20.2 Å². The first kappa shape index (κ1) is 19.2. The van der Waals surface area contributed by atoms with Crippen LogP contribution in [0, 0.1) is 0 Å². The van der Waals surface area contributed by atoms with E-state index in [0.717, 1.165) is 6.07 Å². The van der Waals surface area contributed by atoms with E-state index >= 15 is 0 Å². The molecule has 0 atom stereocenters. The van der Waals surface area contributed by atoms with Gasteiger partial charge in [-0.1, -0.05) is 18.2 Å². The van der Waals surface area contributed by atoms with Crippen molar-refractivity contribution in [1.82, 2.24) is 0 Å². The summed E-state index contributed by atoms with van der Waals surface area (Å²) in [6.07, 6.45) is 2.51. The van der Waals surface area contributed by atoms with Gasteiger partial charge in [-0.05, 0) is 12.1 Å². The normalized spacial score (nSPS) is 16.9. The van der Waals surface area contributed by atoms with Crippen molar-refractivity contribution in [2.45, 2.75) is 11.3 Å². The summed E-state index contributed by atoms with van der Waals surface area (Å²) in [5.41, 5.74) is 6.44. The van der Waals surface area contributed by atoms with Crippen molar-refractivity contribution in [3.8, 4) is 5.75 Å². The first-order valence-electron chi connectivity index (χ1n) is 6.24. The molecule has 0 spiro atoms. The minimum atomic E-state index is -4.82. The van der Waals surface area contributed by atoms with Crippen LogP contribution in [0.1, 0.15) is 12.0 Å². The van der Waals surface area contributed by atoms with Crippen molar-refractivity contribution in [1.29, 1.82) is 0 Å². The minimum Gasteiger partial charge on any atom is -0.744 e. The predicted octanol–water partition coefficient (Wildman–Crippen LogP) is -2.28. The Bertz CT molecular complexity index is 1020. The SMILES string of the molecule is NC1=CCC(S(=O)(=O)[O-])=C2Oc3c(cccc3S(=O)(=O)O)C=C12.[Na+]. The van der Waals surface area contributed by atoms with E-state index < -0.39 is 30.0 Å². The molecule has 24 heavy (non-hydrogen) atoms. The van der Waals surface area contributed by atoms with Gasteiger partial charge in [0.25, 0.3) is 10.1 Å². The Morgan fingerprint density at radius 1 is 1.21 bits per heavy atom. The smallest absolute Gasteiger partial charge is 0.744 e. The first-order valence-corrected chi connectivity index (χ1v) is 9.09. The largest absolute Gasteiger partial charge is 1.00 e. The van der Waals surface area contributed by atoms with E-state index in [-0.39, 0.29) is 64.3 Å². The van der Waals surface area contributed by atoms with Crippen molar-refractivity contribution in [3.63, 3.8) is 0 Å². The topological polar surface area (TPSA) is 147 Å². The van der Waals surface area contributed by atoms with Crippen LogP contribution in [0.3, 0.4) is 0 Å². The van der Waals surface area contributed by atoms with Gasteiger partial charge in [0.1, 0.15) is 15.0 Å². The average molecular weight is 379 g/mol. The van der Waals surface area contributed by atoms with E-state index in [4.69, 9.17) is 10.5 Å². The molecule has 11 heteroatoms. The second-order valence-electron chi connectivity index (χ2n) is 4.88. The number of fused-ring (bicyclic) bond motifs is 2. The quantitative estimate of drug-likeness (QED) is 0.431. The Kier molecular flexibility index (Phi) is 5.04. The zero-order valence-corrected chi connectivity index (χ0v) is 16.0. The number of allylic oxidation sites excluding steroid dienone is 2. The second-order valence-corrected chi connectivity index (χ2v) is 7.67. The first-order chi connectivity index (χ1) is 10.6. The third-order valence-electron chi connectivity index (χ3n) is 3.41. The monoisotopic (exact) mass is 379 g/mol. The Morgan fingerprint density at radius 3 is 2.46 bits per heavy atom. The van der Waals surface area contributed by atoms with E-state index in [0.29, 0.717) is 0 Å². The van der Waals surface area contributed by atoms with Gasteiger partial charge in [-0.3, -0.25) is 4.55 Å². The van der Waals surface area contributed by atoms with E-state index in [2.05, 4.69) is 0 Å². The van der Waals surface area contributed by atoms with Gasteiger partial charge in [-0.15, -0.1) is 0 Å². The molecule has 8 nitrogen and oxygen atoms in total. The number of hydrogen-bond donors (Lipinski definition) is 2. The molecule has 1 aliphatic heterocycles. The summed E-state index contributed by atoms with van der Waals surface area (Å²) in [6.45, 7) is 0. The van der Waals surface area contributed by atoms with Crippen molar-refractivity contribution in [2.24, 2.45) is 5.73 Å². The van der Waals surface area contributed by atoms with Crippen LogP contribution < -0.4 is 40.0 Å². The summed E-state index contributed by atoms with van der Waals surface area (Å²) < 4.78 is 71.6. The van der Waals surface area contributed by atoms with Crippen LogP contribution in [0.15, 0.2) is 51.1 Å². The maximum atomic E-state index is 11.4. The fourth-order valence-electron chi connectivity index (χ4n) is 2.38. The van der Waals surface area contributed by atoms with Gasteiger partial charge in [0.05, 0.1) is 4.91 Å². The number of para-hydroxylation sites is 1. The van der Waals surface area contributed by atoms with Crippen molar-refractivity contribution in [2.75, 3.05) is 0 Å². The molecule has 0 saturated heterocycles. The van der Waals surface area contributed by atoms with Crippen LogP contribution in [0.2, 0.25) is 0 Å². The van der Waals surface area contributed by atoms with Gasteiger partial charge in [0.2, 0.25) is 0 Å². The van der Waals surface area contributed by atoms with Crippen LogP contribution in [0.25, 0.3) is 6.08 Å². The van der Waals surface area contributed by atoms with Gasteiger partial charge in [0, 0.05) is 23.3 Å². The van der Waals surface area contributed by atoms with Crippen molar-refractivity contribution < 1.29 is 60.2 Å². The van der Waals surface area contributed by atoms with Crippen LogP contribution in [-0.4, -0.2) is 25.9 Å². The summed E-state index contributed by atoms with van der Waals surface area (Å²) in [6, 6.07) is 3.98. The van der Waals surface area contributed by atoms with Crippen molar-refractivity contribution in [3.05, 3.63) is 51.8 Å². The number of benzene rings is 1. The maximum Gasteiger partial charge on any atom is 1.00 e. The Morgan fingerprint density at radius 2 is 1.88 bits per heavy atom. The third kappa shape index (κ3) is 3.31. The van der Waals surface area contributed by atoms with Crippen LogP contribution in [0.4, 0.5) is 0 Å². The van der Waals surface area contributed by atoms with E-state index in [1.54, 1.807) is 0 Å². The zero-order valence-electron chi connectivity index (χ0n) is 12.4. The fraction of sp³-hybridized carbons (Fsp3) is 0.0769. The van der Waals surface area contributed by atoms with Crippen LogP contribution in [0.5, 0.6) is 5.75 Å². The molecule has 0 radical (unpaired) electrons. The number of nitrogens with two attached hydrogens (primary N) is 1. The summed E-state index contributed by atoms with van der Waals surface area (Å²) in [4.78, 5) is -1.08. The number of hydrogen-bond acceptors (Lipinski definition) is 7. The molecule has 0 saturated carbocycles. The van der Waals surface area contributed by atoms with E-state index in [1.807, 2.05) is 0 Å². The maximum absolute atomic E-state index is 11.4. The number of ether oxygens (including phenoxy) is 1. The van der Waals surface area contributed by atoms with Gasteiger partial charge in [-0.2, -0.15) is 8.42 Å². The standard InChI is InChI=1S/C13H11NO7S2.Na/c14-9-4-5-11(23(18,19)20)13-8(9)6-7-2-1-3-10(12(7)21-13)22(15,16)17;/h1-4,6H,5,14H2,(H,15,16,17)(H,18,19,20);/q;+1/p-1. The Labute approximate surface area is 160 Å². The molecule has 0 aromatic heterocycles. The molecule has 0 amide bonds. The van der Waals surface area contributed by atoms with E-state index in [1.165, 1.54) is 24.3 Å². The van der Waals surface area contributed by atoms with Gasteiger partial charge in [0.15, 0.2) is 11.5 Å². The molecule has 1 aromatic rings. The average Bonchev–Trinajstić information content (AvgIpc) is 2.43. The third-order valence-corrected chi connectivity index (χ3v) is 5.24. The van der Waals surface area contributed by atoms with Crippen molar-refractivity contribution >= 4 is 26.3 Å². The fourth-order valence-corrected chi connectivity index (χ4v) is 3.69. The molecule has 0 unspecified atom stereocenters. The van der Waals surface area contributed by atoms with Crippen LogP contribution >= 0.6 is 0 Å². The molecule has 3 N–H and O–H groups in total. The minimum absolute atomic E-state index is 0. The van der Waals surface area contributed by atoms with Gasteiger partial charge >= 0.3 is 29.6 Å². The van der Waals surface area contributed by atoms with E-state index in [9.17, 15) is 25.9 Å². The molecule has 122 valence electrons. The van der Waals surface area contributed by atoms with Gasteiger partial charge in [-0.25, -0.2) is 8.42 Å². The summed E-state index contributed by atoms with van der Waals surface area (Å²) >= 11 is 0. The molecule has 0 bridgehead atoms. The molecule has 1 heterocycles. The van der Waals surface area contributed by atoms with Gasteiger partial charge < -0.3 is 15.0 Å².